The van der Waals surface area contributed by atoms with Crippen LogP contribution < -0.4 is 10.6 Å². The third-order valence-corrected chi connectivity index (χ3v) is 5.14. The van der Waals surface area contributed by atoms with Crippen LogP contribution in [-0.4, -0.2) is 12.5 Å². The van der Waals surface area contributed by atoms with Gasteiger partial charge in [0.2, 0.25) is 0 Å². The summed E-state index contributed by atoms with van der Waals surface area (Å²) in [5, 5.41) is 6.86. The minimum absolute atomic E-state index is 0. The second-order valence-corrected chi connectivity index (χ2v) is 6.91. The maximum atomic E-state index is 14.8. The van der Waals surface area contributed by atoms with Gasteiger partial charge in [-0.3, -0.25) is 4.79 Å². The lowest BCUT2D eigenvalue weighted by Gasteiger charge is -2.19. The summed E-state index contributed by atoms with van der Waals surface area (Å²) in [4.78, 5) is 12.8. The molecule has 2 aromatic carbocycles. The lowest BCUT2D eigenvalue weighted by atomic mass is 9.99. The molecule has 142 valence electrons. The number of anilines is 1. The predicted molar refractivity (Wildman–Crippen MR) is 107 cm³/mol. The molecule has 1 aliphatic rings. The van der Waals surface area contributed by atoms with Gasteiger partial charge >= 0.3 is 0 Å². The smallest absolute Gasteiger partial charge is 0.291 e. The zero-order chi connectivity index (χ0) is 18.4. The summed E-state index contributed by atoms with van der Waals surface area (Å²) in [6.07, 6.45) is 0.618. The summed E-state index contributed by atoms with van der Waals surface area (Å²) in [7, 11) is 0. The van der Waals surface area contributed by atoms with E-state index < -0.39 is 5.91 Å². The van der Waals surface area contributed by atoms with Gasteiger partial charge in [-0.05, 0) is 62.1 Å². The summed E-state index contributed by atoms with van der Waals surface area (Å²) in [6, 6.07) is 7.46. The standard InChI is InChI=1S/C21H21FN2O2.ClH/c1-11-4-5-12(2)19-17(11)13(3)20(26-19)21(25)24-16-7-6-14-10-23-9-8-15(14)18(16)22;/h4-7,23H,8-10H2,1-3H3,(H,24,25);1H. The van der Waals surface area contributed by atoms with Gasteiger partial charge in [0.1, 0.15) is 11.4 Å². The van der Waals surface area contributed by atoms with Gasteiger partial charge in [-0.15, -0.1) is 12.4 Å². The maximum absolute atomic E-state index is 14.8. The number of carbonyl (C=O) groups is 1. The van der Waals surface area contributed by atoms with E-state index in [-0.39, 0.29) is 29.7 Å². The van der Waals surface area contributed by atoms with Crippen molar-refractivity contribution in [3.63, 3.8) is 0 Å². The molecular weight excluding hydrogens is 367 g/mol. The summed E-state index contributed by atoms with van der Waals surface area (Å²) in [5.41, 5.74) is 5.33. The number of halogens is 2. The molecule has 0 saturated carbocycles. The van der Waals surface area contributed by atoms with Crippen molar-refractivity contribution < 1.29 is 13.6 Å². The van der Waals surface area contributed by atoms with Gasteiger partial charge in [-0.25, -0.2) is 4.39 Å². The molecule has 2 N–H and O–H groups in total. The molecule has 0 radical (unpaired) electrons. The minimum atomic E-state index is -0.426. The van der Waals surface area contributed by atoms with Gasteiger partial charge in [0.25, 0.3) is 5.91 Å². The fourth-order valence-electron chi connectivity index (χ4n) is 3.70. The Labute approximate surface area is 163 Å². The van der Waals surface area contributed by atoms with E-state index in [0.717, 1.165) is 34.2 Å². The van der Waals surface area contributed by atoms with Gasteiger partial charge in [-0.2, -0.15) is 0 Å². The number of hydrogen-bond donors (Lipinski definition) is 2. The molecule has 0 spiro atoms. The van der Waals surface area contributed by atoms with Crippen LogP contribution in [0, 0.1) is 26.6 Å². The average molecular weight is 389 g/mol. The zero-order valence-electron chi connectivity index (χ0n) is 15.5. The van der Waals surface area contributed by atoms with Crippen LogP contribution in [0.4, 0.5) is 10.1 Å². The Morgan fingerprint density at radius 1 is 1.15 bits per heavy atom. The van der Waals surface area contributed by atoms with E-state index in [4.69, 9.17) is 4.42 Å². The van der Waals surface area contributed by atoms with E-state index >= 15 is 0 Å². The van der Waals surface area contributed by atoms with Crippen LogP contribution in [0.2, 0.25) is 0 Å². The first-order valence-corrected chi connectivity index (χ1v) is 8.79. The lowest BCUT2D eigenvalue weighted by Crippen LogP contribution is -2.25. The molecule has 4 nitrogen and oxygen atoms in total. The number of rotatable bonds is 2. The fraction of sp³-hybridized carbons (Fsp3) is 0.286. The largest absolute Gasteiger partial charge is 0.450 e. The SMILES string of the molecule is Cc1ccc(C)c2c(C)c(C(=O)Nc3ccc4c(c3F)CCNC4)oc12.Cl. The molecule has 1 amide bonds. The average Bonchev–Trinajstić information content (AvgIpc) is 3.00. The highest BCUT2D eigenvalue weighted by molar-refractivity contribution is 6.07. The Bertz CT molecular complexity index is 1040. The third kappa shape index (κ3) is 3.22. The fourth-order valence-corrected chi connectivity index (χ4v) is 3.70. The van der Waals surface area contributed by atoms with Gasteiger partial charge in [-0.1, -0.05) is 18.2 Å². The van der Waals surface area contributed by atoms with Gasteiger partial charge in [0.05, 0.1) is 5.69 Å². The van der Waals surface area contributed by atoms with E-state index in [1.807, 2.05) is 39.0 Å². The zero-order valence-corrected chi connectivity index (χ0v) is 16.3. The Balaban J connectivity index is 0.00000210. The molecule has 2 heterocycles. The van der Waals surface area contributed by atoms with E-state index in [1.54, 1.807) is 6.07 Å². The number of amides is 1. The second-order valence-electron chi connectivity index (χ2n) is 6.91. The Morgan fingerprint density at radius 3 is 2.63 bits per heavy atom. The van der Waals surface area contributed by atoms with Crippen LogP contribution in [-0.2, 0) is 13.0 Å². The first-order chi connectivity index (χ1) is 12.5. The van der Waals surface area contributed by atoms with Crippen molar-refractivity contribution in [2.45, 2.75) is 33.7 Å². The quantitative estimate of drug-likeness (QED) is 0.662. The first-order valence-electron chi connectivity index (χ1n) is 8.79. The Kier molecular flexibility index (Phi) is 5.27. The van der Waals surface area contributed by atoms with Crippen molar-refractivity contribution in [2.24, 2.45) is 0 Å². The Morgan fingerprint density at radius 2 is 1.89 bits per heavy atom. The van der Waals surface area contributed by atoms with Crippen molar-refractivity contribution in [2.75, 3.05) is 11.9 Å². The van der Waals surface area contributed by atoms with Crippen LogP contribution in [0.25, 0.3) is 11.0 Å². The number of benzene rings is 2. The molecule has 0 saturated heterocycles. The molecule has 1 aromatic heterocycles. The van der Waals surface area contributed by atoms with Crippen molar-refractivity contribution in [3.05, 3.63) is 63.7 Å². The second kappa shape index (κ2) is 7.33. The highest BCUT2D eigenvalue weighted by Crippen LogP contribution is 2.31. The number of fused-ring (bicyclic) bond motifs is 2. The molecule has 6 heteroatoms. The Hall–Kier alpha value is -2.37. The molecule has 0 atom stereocenters. The normalized spacial score (nSPS) is 13.2. The molecule has 4 rings (SSSR count). The molecule has 0 aliphatic carbocycles. The number of aryl methyl sites for hydroxylation is 3. The number of furan rings is 1. The molecule has 0 bridgehead atoms. The molecule has 1 aliphatic heterocycles. The topological polar surface area (TPSA) is 54.3 Å². The van der Waals surface area contributed by atoms with Gasteiger partial charge < -0.3 is 15.1 Å². The van der Waals surface area contributed by atoms with Crippen LogP contribution in [0.15, 0.2) is 28.7 Å². The molecule has 3 aromatic rings. The van der Waals surface area contributed by atoms with E-state index in [0.29, 0.717) is 24.1 Å². The molecular formula is C21H22ClFN2O2. The monoisotopic (exact) mass is 388 g/mol. The van der Waals surface area contributed by atoms with Gasteiger partial charge in [0.15, 0.2) is 5.76 Å². The highest BCUT2D eigenvalue weighted by atomic mass is 35.5. The lowest BCUT2D eigenvalue weighted by molar-refractivity contribution is 0.0997. The first kappa shape index (κ1) is 19.4. The third-order valence-electron chi connectivity index (χ3n) is 5.14. The highest BCUT2D eigenvalue weighted by Gasteiger charge is 2.22. The van der Waals surface area contributed by atoms with Crippen LogP contribution in [0.3, 0.4) is 0 Å². The van der Waals surface area contributed by atoms with Crippen molar-refractivity contribution in [1.29, 1.82) is 0 Å². The van der Waals surface area contributed by atoms with Crippen LogP contribution in [0.1, 0.15) is 38.4 Å². The van der Waals surface area contributed by atoms with E-state index in [9.17, 15) is 9.18 Å². The van der Waals surface area contributed by atoms with Crippen LogP contribution >= 0.6 is 12.4 Å². The van der Waals surface area contributed by atoms with E-state index in [1.165, 1.54) is 0 Å². The predicted octanol–water partition coefficient (Wildman–Crippen LogP) is 4.82. The van der Waals surface area contributed by atoms with Crippen molar-refractivity contribution in [3.8, 4) is 0 Å². The molecule has 0 fully saturated rings. The van der Waals surface area contributed by atoms with E-state index in [2.05, 4.69) is 10.6 Å². The summed E-state index contributed by atoms with van der Waals surface area (Å²) >= 11 is 0. The minimum Gasteiger partial charge on any atom is -0.450 e. The van der Waals surface area contributed by atoms with Crippen molar-refractivity contribution in [1.82, 2.24) is 5.32 Å². The number of carbonyl (C=O) groups excluding carboxylic acids is 1. The maximum Gasteiger partial charge on any atom is 0.291 e. The number of hydrogen-bond acceptors (Lipinski definition) is 3. The summed E-state index contributed by atoms with van der Waals surface area (Å²) in [6.45, 7) is 7.19. The van der Waals surface area contributed by atoms with Crippen LogP contribution in [0.5, 0.6) is 0 Å². The number of nitrogens with one attached hydrogen (secondary N) is 2. The summed E-state index contributed by atoms with van der Waals surface area (Å²) < 4.78 is 20.6. The summed E-state index contributed by atoms with van der Waals surface area (Å²) in [5.74, 6) is -0.542. The molecule has 27 heavy (non-hydrogen) atoms. The van der Waals surface area contributed by atoms with Crippen molar-refractivity contribution >= 4 is 35.0 Å². The van der Waals surface area contributed by atoms with Gasteiger partial charge in [0, 0.05) is 17.5 Å². The molecule has 0 unspecified atom stereocenters.